The highest BCUT2D eigenvalue weighted by Crippen LogP contribution is 2.32. The summed E-state index contributed by atoms with van der Waals surface area (Å²) in [4.78, 5) is 0. The number of halogens is 2. The fourth-order valence-corrected chi connectivity index (χ4v) is 2.78. The van der Waals surface area contributed by atoms with Crippen LogP contribution in [0, 0.1) is 5.82 Å². The first-order valence-electron chi connectivity index (χ1n) is 6.25. The average Bonchev–Trinajstić information content (AvgIpc) is 2.49. The van der Waals surface area contributed by atoms with Gasteiger partial charge < -0.3 is 5.11 Å². The van der Waals surface area contributed by atoms with Crippen molar-refractivity contribution >= 4 is 11.6 Å². The van der Waals surface area contributed by atoms with Crippen molar-refractivity contribution in [3.05, 3.63) is 34.6 Å². The third kappa shape index (κ3) is 3.43. The normalized spacial score (nSPS) is 19.9. The second kappa shape index (κ2) is 5.36. The Labute approximate surface area is 107 Å². The van der Waals surface area contributed by atoms with Crippen LogP contribution in [0.4, 0.5) is 4.39 Å². The van der Waals surface area contributed by atoms with E-state index in [1.807, 2.05) is 0 Å². The van der Waals surface area contributed by atoms with E-state index in [4.69, 9.17) is 11.6 Å². The van der Waals surface area contributed by atoms with Crippen LogP contribution in [0.15, 0.2) is 18.2 Å². The van der Waals surface area contributed by atoms with Crippen molar-refractivity contribution < 1.29 is 9.50 Å². The molecule has 3 heteroatoms. The first-order chi connectivity index (χ1) is 8.09. The first-order valence-corrected chi connectivity index (χ1v) is 6.63. The van der Waals surface area contributed by atoms with Crippen molar-refractivity contribution in [3.63, 3.8) is 0 Å². The topological polar surface area (TPSA) is 20.2 Å². The van der Waals surface area contributed by atoms with Crippen molar-refractivity contribution in [2.24, 2.45) is 0 Å². The maximum atomic E-state index is 13.2. The summed E-state index contributed by atoms with van der Waals surface area (Å²) in [6.45, 7) is 0. The molecular formula is C14H18ClFO. The molecule has 0 radical (unpaired) electrons. The van der Waals surface area contributed by atoms with Gasteiger partial charge in [0.05, 0.1) is 5.60 Å². The molecule has 0 heterocycles. The van der Waals surface area contributed by atoms with E-state index in [2.05, 4.69) is 0 Å². The van der Waals surface area contributed by atoms with Crippen molar-refractivity contribution in [1.82, 2.24) is 0 Å². The van der Waals surface area contributed by atoms with E-state index in [0.717, 1.165) is 31.2 Å². The Balaban J connectivity index is 2.15. The summed E-state index contributed by atoms with van der Waals surface area (Å²) in [5, 5.41) is 11.1. The first kappa shape index (κ1) is 12.8. The Bertz CT molecular complexity index is 384. The van der Waals surface area contributed by atoms with Gasteiger partial charge in [-0.15, -0.1) is 0 Å². The van der Waals surface area contributed by atoms with E-state index in [1.165, 1.54) is 25.0 Å². The highest BCUT2D eigenvalue weighted by molar-refractivity contribution is 6.31. The van der Waals surface area contributed by atoms with Gasteiger partial charge in [-0.3, -0.25) is 0 Å². The van der Waals surface area contributed by atoms with E-state index < -0.39 is 5.60 Å². The van der Waals surface area contributed by atoms with Crippen molar-refractivity contribution in [2.75, 3.05) is 0 Å². The van der Waals surface area contributed by atoms with Crippen LogP contribution in [0.1, 0.15) is 44.1 Å². The number of hydrogen-bond donors (Lipinski definition) is 1. The van der Waals surface area contributed by atoms with Crippen LogP contribution < -0.4 is 0 Å². The predicted octanol–water partition coefficient (Wildman–Crippen LogP) is 4.11. The minimum absolute atomic E-state index is 0.290. The molecule has 1 aliphatic rings. The Morgan fingerprint density at radius 3 is 2.47 bits per heavy atom. The maximum Gasteiger partial charge on any atom is 0.123 e. The van der Waals surface area contributed by atoms with Gasteiger partial charge in [-0.05, 0) is 36.6 Å². The fourth-order valence-electron chi connectivity index (χ4n) is 2.60. The maximum absolute atomic E-state index is 13.2. The molecule has 0 unspecified atom stereocenters. The molecule has 0 amide bonds. The highest BCUT2D eigenvalue weighted by atomic mass is 35.5. The SMILES string of the molecule is OC1(Cc2cc(F)ccc2Cl)CCCCCC1. The zero-order chi connectivity index (χ0) is 12.3. The molecule has 1 aromatic carbocycles. The Kier molecular flexibility index (Phi) is 4.05. The van der Waals surface area contributed by atoms with Gasteiger partial charge in [-0.1, -0.05) is 37.3 Å². The molecule has 0 spiro atoms. The van der Waals surface area contributed by atoms with Crippen molar-refractivity contribution in [3.8, 4) is 0 Å². The van der Waals surface area contributed by atoms with E-state index in [0.29, 0.717) is 11.4 Å². The summed E-state index contributed by atoms with van der Waals surface area (Å²) in [6.07, 6.45) is 6.49. The lowest BCUT2D eigenvalue weighted by Crippen LogP contribution is -2.30. The van der Waals surface area contributed by atoms with Gasteiger partial charge in [0.15, 0.2) is 0 Å². The van der Waals surface area contributed by atoms with E-state index in [9.17, 15) is 9.50 Å². The summed E-state index contributed by atoms with van der Waals surface area (Å²) in [6, 6.07) is 4.35. The zero-order valence-corrected chi connectivity index (χ0v) is 10.6. The number of rotatable bonds is 2. The summed E-state index contributed by atoms with van der Waals surface area (Å²) >= 11 is 6.04. The minimum atomic E-state index is -0.700. The molecular weight excluding hydrogens is 239 g/mol. The second-order valence-electron chi connectivity index (χ2n) is 5.05. The summed E-state index contributed by atoms with van der Waals surface area (Å²) < 4.78 is 13.2. The monoisotopic (exact) mass is 256 g/mol. The highest BCUT2D eigenvalue weighted by Gasteiger charge is 2.28. The van der Waals surface area contributed by atoms with Crippen LogP contribution in [-0.4, -0.2) is 10.7 Å². The van der Waals surface area contributed by atoms with E-state index in [1.54, 1.807) is 6.07 Å². The average molecular weight is 257 g/mol. The molecule has 1 N–H and O–H groups in total. The van der Waals surface area contributed by atoms with Gasteiger partial charge in [-0.25, -0.2) is 4.39 Å². The molecule has 0 atom stereocenters. The minimum Gasteiger partial charge on any atom is -0.390 e. The molecule has 0 aliphatic heterocycles. The summed E-state index contributed by atoms with van der Waals surface area (Å²) in [7, 11) is 0. The largest absolute Gasteiger partial charge is 0.390 e. The lowest BCUT2D eigenvalue weighted by molar-refractivity contribution is 0.0252. The summed E-state index contributed by atoms with van der Waals surface area (Å²) in [5.41, 5.74) is 0.0181. The zero-order valence-electron chi connectivity index (χ0n) is 9.88. The molecule has 94 valence electrons. The van der Waals surface area contributed by atoms with Gasteiger partial charge in [-0.2, -0.15) is 0 Å². The lowest BCUT2D eigenvalue weighted by atomic mass is 9.87. The fraction of sp³-hybridized carbons (Fsp3) is 0.571. The number of hydrogen-bond acceptors (Lipinski definition) is 1. The quantitative estimate of drug-likeness (QED) is 0.790. The molecule has 1 aliphatic carbocycles. The van der Waals surface area contributed by atoms with Crippen LogP contribution in [-0.2, 0) is 6.42 Å². The van der Waals surface area contributed by atoms with Gasteiger partial charge in [0.2, 0.25) is 0 Å². The molecule has 0 saturated heterocycles. The third-order valence-corrected chi connectivity index (χ3v) is 3.93. The molecule has 1 nitrogen and oxygen atoms in total. The summed E-state index contributed by atoms with van der Waals surface area (Å²) in [5.74, 6) is -0.290. The van der Waals surface area contributed by atoms with Crippen LogP contribution in [0.2, 0.25) is 5.02 Å². The van der Waals surface area contributed by atoms with E-state index >= 15 is 0 Å². The smallest absolute Gasteiger partial charge is 0.123 e. The van der Waals surface area contributed by atoms with Crippen molar-refractivity contribution in [2.45, 2.75) is 50.5 Å². The van der Waals surface area contributed by atoms with Gasteiger partial charge in [0.1, 0.15) is 5.82 Å². The van der Waals surface area contributed by atoms with E-state index in [-0.39, 0.29) is 5.82 Å². The van der Waals surface area contributed by atoms with Gasteiger partial charge in [0, 0.05) is 11.4 Å². The number of benzene rings is 1. The number of aliphatic hydroxyl groups is 1. The Morgan fingerprint density at radius 2 is 1.82 bits per heavy atom. The molecule has 0 aromatic heterocycles. The Morgan fingerprint density at radius 1 is 1.18 bits per heavy atom. The van der Waals surface area contributed by atoms with Crippen LogP contribution in [0.25, 0.3) is 0 Å². The second-order valence-corrected chi connectivity index (χ2v) is 5.46. The molecule has 1 fully saturated rings. The molecule has 1 aromatic rings. The van der Waals surface area contributed by atoms with Crippen LogP contribution in [0.3, 0.4) is 0 Å². The van der Waals surface area contributed by atoms with Crippen LogP contribution in [0.5, 0.6) is 0 Å². The lowest BCUT2D eigenvalue weighted by Gasteiger charge is -2.27. The molecule has 17 heavy (non-hydrogen) atoms. The van der Waals surface area contributed by atoms with Gasteiger partial charge in [0.25, 0.3) is 0 Å². The predicted molar refractivity (Wildman–Crippen MR) is 67.8 cm³/mol. The van der Waals surface area contributed by atoms with Crippen LogP contribution >= 0.6 is 11.6 Å². The molecule has 0 bridgehead atoms. The standard InChI is InChI=1S/C14H18ClFO/c15-13-6-5-12(16)9-11(13)10-14(17)7-3-1-2-4-8-14/h5-6,9,17H,1-4,7-8,10H2. The van der Waals surface area contributed by atoms with Gasteiger partial charge >= 0.3 is 0 Å². The Hall–Kier alpha value is -0.600. The van der Waals surface area contributed by atoms with Crippen molar-refractivity contribution in [1.29, 1.82) is 0 Å². The molecule has 1 saturated carbocycles. The third-order valence-electron chi connectivity index (χ3n) is 3.56. The molecule has 2 rings (SSSR count).